The van der Waals surface area contributed by atoms with Gasteiger partial charge in [-0.1, -0.05) is 13.3 Å². The Hall–Kier alpha value is -2.70. The number of hydrogen-bond acceptors (Lipinski definition) is 7. The van der Waals surface area contributed by atoms with Crippen molar-refractivity contribution in [2.75, 3.05) is 37.9 Å². The van der Waals surface area contributed by atoms with Gasteiger partial charge in [0.05, 0.1) is 13.3 Å². The lowest BCUT2D eigenvalue weighted by atomic mass is 10.3. The summed E-state index contributed by atoms with van der Waals surface area (Å²) in [5, 5.41) is 3.22. The van der Waals surface area contributed by atoms with Gasteiger partial charge in [0.1, 0.15) is 24.7 Å². The molecule has 0 saturated carbocycles. The highest BCUT2D eigenvalue weighted by atomic mass is 16.5. The lowest BCUT2D eigenvalue weighted by Gasteiger charge is -2.13. The molecule has 0 unspecified atom stereocenters. The average molecular weight is 332 g/mol. The number of rotatable bonds is 10. The number of benzene rings is 1. The van der Waals surface area contributed by atoms with E-state index in [4.69, 9.17) is 19.9 Å². The quantitative estimate of drug-likeness (QED) is 0.646. The summed E-state index contributed by atoms with van der Waals surface area (Å²) in [4.78, 5) is 8.15. The van der Waals surface area contributed by atoms with Crippen LogP contribution in [0.2, 0.25) is 0 Å². The second-order valence-electron chi connectivity index (χ2n) is 5.09. The first-order valence-electron chi connectivity index (χ1n) is 7.99. The molecule has 130 valence electrons. The van der Waals surface area contributed by atoms with Gasteiger partial charge in [0.25, 0.3) is 0 Å². The van der Waals surface area contributed by atoms with Crippen LogP contribution in [0, 0.1) is 0 Å². The molecule has 0 bridgehead atoms. The van der Waals surface area contributed by atoms with E-state index in [1.54, 1.807) is 13.3 Å². The number of nitrogen functional groups attached to an aromatic ring is 1. The van der Waals surface area contributed by atoms with Gasteiger partial charge in [-0.3, -0.25) is 0 Å². The zero-order chi connectivity index (χ0) is 17.2. The van der Waals surface area contributed by atoms with Crippen LogP contribution < -0.4 is 25.3 Å². The van der Waals surface area contributed by atoms with Gasteiger partial charge in [0.2, 0.25) is 5.95 Å². The zero-order valence-corrected chi connectivity index (χ0v) is 14.1. The minimum Gasteiger partial charge on any atom is -0.497 e. The Labute approximate surface area is 142 Å². The van der Waals surface area contributed by atoms with Gasteiger partial charge in [-0.25, -0.2) is 4.98 Å². The van der Waals surface area contributed by atoms with Crippen molar-refractivity contribution in [3.63, 3.8) is 0 Å². The topological polar surface area (TPSA) is 91.5 Å². The lowest BCUT2D eigenvalue weighted by Crippen LogP contribution is -2.12. The van der Waals surface area contributed by atoms with Crippen molar-refractivity contribution in [2.24, 2.45) is 0 Å². The molecule has 0 atom stereocenters. The Kier molecular flexibility index (Phi) is 6.94. The fourth-order valence-corrected chi connectivity index (χ4v) is 1.98. The van der Waals surface area contributed by atoms with E-state index in [-0.39, 0.29) is 5.95 Å². The summed E-state index contributed by atoms with van der Waals surface area (Å²) in [7, 11) is 1.63. The SMILES string of the molecule is CCCCNc1nc(N)ncc1OCCOc1ccc(OC)cc1. The van der Waals surface area contributed by atoms with Gasteiger partial charge in [-0.15, -0.1) is 0 Å². The summed E-state index contributed by atoms with van der Waals surface area (Å²) in [6.45, 7) is 3.72. The predicted molar refractivity (Wildman–Crippen MR) is 93.8 cm³/mol. The molecule has 0 fully saturated rings. The van der Waals surface area contributed by atoms with Gasteiger partial charge >= 0.3 is 0 Å². The van der Waals surface area contributed by atoms with E-state index in [9.17, 15) is 0 Å². The second-order valence-corrected chi connectivity index (χ2v) is 5.09. The molecule has 0 amide bonds. The van der Waals surface area contributed by atoms with E-state index in [0.717, 1.165) is 30.9 Å². The second kappa shape index (κ2) is 9.44. The largest absolute Gasteiger partial charge is 0.497 e. The molecule has 7 heteroatoms. The van der Waals surface area contributed by atoms with Crippen molar-refractivity contribution in [3.05, 3.63) is 30.5 Å². The average Bonchev–Trinajstić information content (AvgIpc) is 2.61. The standard InChI is InChI=1S/C17H24N4O3/c1-3-4-9-19-16-15(12-20-17(18)21-16)24-11-10-23-14-7-5-13(22-2)6-8-14/h5-8,12H,3-4,9-11H2,1-2H3,(H3,18,19,20,21). The molecule has 7 nitrogen and oxygen atoms in total. The van der Waals surface area contributed by atoms with Crippen LogP contribution >= 0.6 is 0 Å². The van der Waals surface area contributed by atoms with Crippen molar-refractivity contribution < 1.29 is 14.2 Å². The molecule has 2 aromatic rings. The van der Waals surface area contributed by atoms with Crippen LogP contribution in [0.1, 0.15) is 19.8 Å². The molecule has 1 aromatic carbocycles. The monoisotopic (exact) mass is 332 g/mol. The van der Waals surface area contributed by atoms with Crippen LogP contribution in [-0.4, -0.2) is 36.8 Å². The number of nitrogens with one attached hydrogen (secondary N) is 1. The molecule has 1 heterocycles. The van der Waals surface area contributed by atoms with Crippen molar-refractivity contribution in [1.29, 1.82) is 0 Å². The maximum Gasteiger partial charge on any atom is 0.222 e. The molecule has 3 N–H and O–H groups in total. The maximum atomic E-state index is 5.70. The third-order valence-electron chi connectivity index (χ3n) is 3.27. The van der Waals surface area contributed by atoms with Gasteiger partial charge in [0.15, 0.2) is 11.6 Å². The summed E-state index contributed by atoms with van der Waals surface area (Å²) in [5.41, 5.74) is 5.63. The van der Waals surface area contributed by atoms with Crippen LogP contribution in [0.3, 0.4) is 0 Å². The van der Waals surface area contributed by atoms with Crippen molar-refractivity contribution in [1.82, 2.24) is 9.97 Å². The smallest absolute Gasteiger partial charge is 0.222 e. The Bertz CT molecular complexity index is 620. The van der Waals surface area contributed by atoms with E-state index in [2.05, 4.69) is 22.2 Å². The van der Waals surface area contributed by atoms with Crippen LogP contribution in [0.15, 0.2) is 30.5 Å². The molecule has 0 aliphatic heterocycles. The van der Waals surface area contributed by atoms with Crippen LogP contribution in [-0.2, 0) is 0 Å². The molecule has 0 aliphatic rings. The normalized spacial score (nSPS) is 10.2. The number of unbranched alkanes of at least 4 members (excludes halogenated alkanes) is 1. The van der Waals surface area contributed by atoms with Crippen molar-refractivity contribution >= 4 is 11.8 Å². The third kappa shape index (κ3) is 5.49. The first-order valence-corrected chi connectivity index (χ1v) is 7.99. The first-order chi connectivity index (χ1) is 11.7. The molecule has 0 spiro atoms. The number of methoxy groups -OCH3 is 1. The summed E-state index contributed by atoms with van der Waals surface area (Å²) in [5.74, 6) is 2.95. The number of anilines is 2. The van der Waals surface area contributed by atoms with E-state index in [1.165, 1.54) is 0 Å². The predicted octanol–water partition coefficient (Wildman–Crippen LogP) is 2.74. The van der Waals surface area contributed by atoms with Gasteiger partial charge in [-0.05, 0) is 30.7 Å². The molecular weight excluding hydrogens is 308 g/mol. The Morgan fingerprint density at radius 2 is 1.79 bits per heavy atom. The lowest BCUT2D eigenvalue weighted by molar-refractivity contribution is 0.217. The number of hydrogen-bond donors (Lipinski definition) is 2. The first kappa shape index (κ1) is 17.7. The van der Waals surface area contributed by atoms with Crippen molar-refractivity contribution in [2.45, 2.75) is 19.8 Å². The highest BCUT2D eigenvalue weighted by Crippen LogP contribution is 2.22. The van der Waals surface area contributed by atoms with Crippen LogP contribution in [0.5, 0.6) is 17.2 Å². The van der Waals surface area contributed by atoms with Crippen LogP contribution in [0.4, 0.5) is 11.8 Å². The number of nitrogens with two attached hydrogens (primary N) is 1. The third-order valence-corrected chi connectivity index (χ3v) is 3.27. The van der Waals surface area contributed by atoms with E-state index in [0.29, 0.717) is 24.8 Å². The fraction of sp³-hybridized carbons (Fsp3) is 0.412. The molecule has 0 radical (unpaired) electrons. The van der Waals surface area contributed by atoms with Gasteiger partial charge in [-0.2, -0.15) is 4.98 Å². The minimum atomic E-state index is 0.218. The Morgan fingerprint density at radius 3 is 2.50 bits per heavy atom. The molecule has 24 heavy (non-hydrogen) atoms. The number of aromatic nitrogens is 2. The number of nitrogens with zero attached hydrogens (tertiary/aromatic N) is 2. The fourth-order valence-electron chi connectivity index (χ4n) is 1.98. The van der Waals surface area contributed by atoms with Gasteiger partial charge < -0.3 is 25.3 Å². The number of ether oxygens (including phenoxy) is 3. The molecule has 2 rings (SSSR count). The summed E-state index contributed by atoms with van der Waals surface area (Å²) >= 11 is 0. The maximum absolute atomic E-state index is 5.70. The summed E-state index contributed by atoms with van der Waals surface area (Å²) in [6.07, 6.45) is 3.72. The van der Waals surface area contributed by atoms with E-state index in [1.807, 2.05) is 24.3 Å². The molecule has 0 saturated heterocycles. The molecular formula is C17H24N4O3. The highest BCUT2D eigenvalue weighted by molar-refractivity contribution is 5.51. The Morgan fingerprint density at radius 1 is 1.08 bits per heavy atom. The van der Waals surface area contributed by atoms with Crippen molar-refractivity contribution in [3.8, 4) is 17.2 Å². The molecule has 0 aliphatic carbocycles. The summed E-state index contributed by atoms with van der Waals surface area (Å²) < 4.78 is 16.4. The zero-order valence-electron chi connectivity index (χ0n) is 14.1. The van der Waals surface area contributed by atoms with Crippen LogP contribution in [0.25, 0.3) is 0 Å². The Balaban J connectivity index is 1.82. The van der Waals surface area contributed by atoms with Gasteiger partial charge in [0, 0.05) is 6.54 Å². The highest BCUT2D eigenvalue weighted by Gasteiger charge is 2.07. The minimum absolute atomic E-state index is 0.218. The summed E-state index contributed by atoms with van der Waals surface area (Å²) in [6, 6.07) is 7.39. The molecule has 1 aromatic heterocycles. The van der Waals surface area contributed by atoms with E-state index < -0.39 is 0 Å². The van der Waals surface area contributed by atoms with E-state index >= 15 is 0 Å².